The molecule has 1 fully saturated rings. The molecule has 0 spiro atoms. The number of urea groups is 1. The molecule has 0 aliphatic carbocycles. The Bertz CT molecular complexity index is 901. The minimum Gasteiger partial charge on any atom is -0.367 e. The SMILES string of the molecule is CCNC(=O)N1CCN(c2cc(-c3ccccc3)nc3ccsc23)CC1. The molecule has 1 aliphatic heterocycles. The maximum atomic E-state index is 12.0. The molecule has 3 aromatic rings. The molecule has 3 heterocycles. The summed E-state index contributed by atoms with van der Waals surface area (Å²) in [6.45, 7) is 5.76. The summed E-state index contributed by atoms with van der Waals surface area (Å²) in [5, 5.41) is 4.98. The molecule has 0 atom stereocenters. The molecule has 0 saturated carbocycles. The smallest absolute Gasteiger partial charge is 0.317 e. The second-order valence-corrected chi connectivity index (χ2v) is 7.25. The lowest BCUT2D eigenvalue weighted by atomic mass is 10.1. The van der Waals surface area contributed by atoms with Gasteiger partial charge in [-0.25, -0.2) is 9.78 Å². The highest BCUT2D eigenvalue weighted by Gasteiger charge is 2.23. The number of piperazine rings is 1. The zero-order valence-corrected chi connectivity index (χ0v) is 15.6. The number of amides is 2. The number of nitrogens with zero attached hydrogens (tertiary/aromatic N) is 3. The molecule has 0 radical (unpaired) electrons. The summed E-state index contributed by atoms with van der Waals surface area (Å²) in [5.74, 6) is 0. The lowest BCUT2D eigenvalue weighted by Crippen LogP contribution is -2.51. The average molecular weight is 366 g/mol. The Morgan fingerprint density at radius 1 is 1.15 bits per heavy atom. The Labute approximate surface area is 157 Å². The lowest BCUT2D eigenvalue weighted by Gasteiger charge is -2.36. The fourth-order valence-corrected chi connectivity index (χ4v) is 4.22. The van der Waals surface area contributed by atoms with Crippen molar-refractivity contribution in [1.29, 1.82) is 0 Å². The number of nitrogens with one attached hydrogen (secondary N) is 1. The molecule has 1 aliphatic rings. The molecule has 5 nitrogen and oxygen atoms in total. The predicted octanol–water partition coefficient (Wildman–Crippen LogP) is 3.81. The topological polar surface area (TPSA) is 48.5 Å². The highest BCUT2D eigenvalue weighted by molar-refractivity contribution is 7.17. The van der Waals surface area contributed by atoms with Crippen molar-refractivity contribution >= 4 is 33.3 Å². The van der Waals surface area contributed by atoms with Crippen molar-refractivity contribution in [3.05, 3.63) is 47.8 Å². The molecule has 1 aromatic carbocycles. The first-order chi connectivity index (χ1) is 12.8. The first kappa shape index (κ1) is 16.8. The normalized spacial score (nSPS) is 14.7. The van der Waals surface area contributed by atoms with Crippen LogP contribution in [0.2, 0.25) is 0 Å². The van der Waals surface area contributed by atoms with Crippen molar-refractivity contribution in [3.8, 4) is 11.3 Å². The summed E-state index contributed by atoms with van der Waals surface area (Å²) in [6, 6.07) is 14.6. The second kappa shape index (κ2) is 7.33. The van der Waals surface area contributed by atoms with Crippen LogP contribution in [0.1, 0.15) is 6.92 Å². The molecule has 6 heteroatoms. The minimum atomic E-state index is 0.0353. The maximum absolute atomic E-state index is 12.0. The van der Waals surface area contributed by atoms with Gasteiger partial charge in [0.15, 0.2) is 0 Å². The standard InChI is InChI=1S/C20H22N4OS/c1-2-21-20(25)24-11-9-23(10-12-24)18-14-17(15-6-4-3-5-7-15)22-16-8-13-26-19(16)18/h3-8,13-14H,2,9-12H2,1H3,(H,21,25). The van der Waals surface area contributed by atoms with Crippen molar-refractivity contribution in [3.63, 3.8) is 0 Å². The summed E-state index contributed by atoms with van der Waals surface area (Å²) in [4.78, 5) is 21.1. The molecule has 2 amide bonds. The molecule has 4 rings (SSSR count). The number of aromatic nitrogens is 1. The summed E-state index contributed by atoms with van der Waals surface area (Å²) in [5.41, 5.74) is 4.39. The number of pyridine rings is 1. The van der Waals surface area contributed by atoms with Crippen molar-refractivity contribution < 1.29 is 4.79 Å². The highest BCUT2D eigenvalue weighted by atomic mass is 32.1. The average Bonchev–Trinajstić information content (AvgIpc) is 3.17. The second-order valence-electron chi connectivity index (χ2n) is 6.34. The van der Waals surface area contributed by atoms with Gasteiger partial charge in [0.2, 0.25) is 0 Å². The molecule has 0 bridgehead atoms. The fraction of sp³-hybridized carbons (Fsp3) is 0.300. The van der Waals surface area contributed by atoms with E-state index < -0.39 is 0 Å². The van der Waals surface area contributed by atoms with E-state index in [2.05, 4.69) is 39.9 Å². The molecule has 1 N–H and O–H groups in total. The lowest BCUT2D eigenvalue weighted by molar-refractivity contribution is 0.195. The number of fused-ring (bicyclic) bond motifs is 1. The molecule has 1 saturated heterocycles. The van der Waals surface area contributed by atoms with E-state index in [4.69, 9.17) is 4.98 Å². The zero-order valence-electron chi connectivity index (χ0n) is 14.8. The van der Waals surface area contributed by atoms with Gasteiger partial charge in [-0.2, -0.15) is 0 Å². The van der Waals surface area contributed by atoms with E-state index in [-0.39, 0.29) is 6.03 Å². The minimum absolute atomic E-state index is 0.0353. The summed E-state index contributed by atoms with van der Waals surface area (Å²) < 4.78 is 1.22. The Hall–Kier alpha value is -2.60. The number of carbonyl (C=O) groups excluding carboxylic acids is 1. The van der Waals surface area contributed by atoms with Gasteiger partial charge >= 0.3 is 6.03 Å². The predicted molar refractivity (Wildman–Crippen MR) is 108 cm³/mol. The first-order valence-corrected chi connectivity index (χ1v) is 9.85. The van der Waals surface area contributed by atoms with Gasteiger partial charge in [0.05, 0.1) is 21.6 Å². The molecular formula is C20H22N4OS. The van der Waals surface area contributed by atoms with E-state index in [0.29, 0.717) is 6.54 Å². The number of anilines is 1. The van der Waals surface area contributed by atoms with Crippen molar-refractivity contribution in [2.24, 2.45) is 0 Å². The Balaban J connectivity index is 1.62. The van der Waals surface area contributed by atoms with Crippen molar-refractivity contribution in [2.45, 2.75) is 6.92 Å². The van der Waals surface area contributed by atoms with Gasteiger partial charge in [0.1, 0.15) is 0 Å². The van der Waals surface area contributed by atoms with Crippen molar-refractivity contribution in [1.82, 2.24) is 15.2 Å². The first-order valence-electron chi connectivity index (χ1n) is 8.97. The third kappa shape index (κ3) is 3.24. The van der Waals surface area contributed by atoms with Gasteiger partial charge in [-0.1, -0.05) is 30.3 Å². The van der Waals surface area contributed by atoms with E-state index >= 15 is 0 Å². The van der Waals surface area contributed by atoms with E-state index in [1.165, 1.54) is 10.4 Å². The van der Waals surface area contributed by atoms with Crippen LogP contribution in [0.25, 0.3) is 21.5 Å². The van der Waals surface area contributed by atoms with Gasteiger partial charge in [-0.3, -0.25) is 0 Å². The highest BCUT2D eigenvalue weighted by Crippen LogP contribution is 2.34. The molecule has 2 aromatic heterocycles. The quantitative estimate of drug-likeness (QED) is 0.767. The molecule has 0 unspecified atom stereocenters. The van der Waals surface area contributed by atoms with E-state index in [1.807, 2.05) is 30.0 Å². The van der Waals surface area contributed by atoms with Gasteiger partial charge in [0.25, 0.3) is 0 Å². The summed E-state index contributed by atoms with van der Waals surface area (Å²) in [7, 11) is 0. The van der Waals surface area contributed by atoms with Crippen LogP contribution in [0.5, 0.6) is 0 Å². The third-order valence-electron chi connectivity index (χ3n) is 4.70. The van der Waals surface area contributed by atoms with Crippen molar-refractivity contribution in [2.75, 3.05) is 37.6 Å². The summed E-state index contributed by atoms with van der Waals surface area (Å²) >= 11 is 1.73. The monoisotopic (exact) mass is 366 g/mol. The number of benzene rings is 1. The Morgan fingerprint density at radius 3 is 2.65 bits per heavy atom. The molecule has 26 heavy (non-hydrogen) atoms. The Kier molecular flexibility index (Phi) is 4.75. The number of hydrogen-bond donors (Lipinski definition) is 1. The van der Waals surface area contributed by atoms with Gasteiger partial charge < -0.3 is 15.1 Å². The zero-order chi connectivity index (χ0) is 17.9. The van der Waals surface area contributed by atoms with Crippen LogP contribution in [-0.2, 0) is 0 Å². The largest absolute Gasteiger partial charge is 0.367 e. The van der Waals surface area contributed by atoms with E-state index in [1.54, 1.807) is 11.3 Å². The van der Waals surface area contributed by atoms with Gasteiger partial charge in [-0.15, -0.1) is 11.3 Å². The van der Waals surface area contributed by atoms with Crippen LogP contribution >= 0.6 is 11.3 Å². The maximum Gasteiger partial charge on any atom is 0.317 e. The molecular weight excluding hydrogens is 344 g/mol. The van der Waals surface area contributed by atoms with Crippen LogP contribution in [0, 0.1) is 0 Å². The van der Waals surface area contributed by atoms with Crippen LogP contribution in [0.15, 0.2) is 47.8 Å². The Morgan fingerprint density at radius 2 is 1.92 bits per heavy atom. The molecule has 134 valence electrons. The van der Waals surface area contributed by atoms with Crippen LogP contribution in [-0.4, -0.2) is 48.6 Å². The van der Waals surface area contributed by atoms with E-state index in [9.17, 15) is 4.79 Å². The summed E-state index contributed by atoms with van der Waals surface area (Å²) in [6.07, 6.45) is 0. The third-order valence-corrected chi connectivity index (χ3v) is 5.62. The number of hydrogen-bond acceptors (Lipinski definition) is 4. The van der Waals surface area contributed by atoms with Crippen LogP contribution in [0.4, 0.5) is 10.5 Å². The fourth-order valence-electron chi connectivity index (χ4n) is 3.34. The van der Waals surface area contributed by atoms with Gasteiger partial charge in [-0.05, 0) is 24.4 Å². The van der Waals surface area contributed by atoms with Gasteiger partial charge in [0, 0.05) is 38.3 Å². The van der Waals surface area contributed by atoms with E-state index in [0.717, 1.165) is 43.0 Å². The number of carbonyl (C=O) groups is 1. The van der Waals surface area contributed by atoms with Crippen LogP contribution < -0.4 is 10.2 Å². The van der Waals surface area contributed by atoms with Crippen LogP contribution in [0.3, 0.4) is 0 Å². The number of rotatable bonds is 3. The number of thiophene rings is 1.